The average Bonchev–Trinajstić information content (AvgIpc) is 2.82. The maximum absolute atomic E-state index is 11.6. The lowest BCUT2D eigenvalue weighted by molar-refractivity contribution is -0.122. The summed E-state index contributed by atoms with van der Waals surface area (Å²) < 4.78 is 0. The van der Waals surface area contributed by atoms with Crippen LogP contribution in [0.15, 0.2) is 18.2 Å². The molecule has 0 saturated carbocycles. The van der Waals surface area contributed by atoms with Gasteiger partial charge in [-0.25, -0.2) is 0 Å². The first-order valence-electron chi connectivity index (χ1n) is 7.15. The van der Waals surface area contributed by atoms with Crippen molar-refractivity contribution in [1.29, 1.82) is 0 Å². The van der Waals surface area contributed by atoms with Crippen molar-refractivity contribution in [3.05, 3.63) is 34.9 Å². The lowest BCUT2D eigenvalue weighted by atomic mass is 10.00. The fourth-order valence-electron chi connectivity index (χ4n) is 2.63. The van der Waals surface area contributed by atoms with Gasteiger partial charge in [0.2, 0.25) is 5.91 Å². The van der Waals surface area contributed by atoms with E-state index in [1.165, 1.54) is 17.5 Å². The number of aliphatic hydroxyl groups is 1. The van der Waals surface area contributed by atoms with Gasteiger partial charge in [0.1, 0.15) is 0 Å². The molecule has 1 aliphatic carbocycles. The molecule has 0 aromatic heterocycles. The first kappa shape index (κ1) is 14.1. The summed E-state index contributed by atoms with van der Waals surface area (Å²) in [5.74, 6) is 0.00945. The minimum atomic E-state index is -0.538. The van der Waals surface area contributed by atoms with Gasteiger partial charge in [0.05, 0.1) is 6.10 Å². The van der Waals surface area contributed by atoms with E-state index < -0.39 is 6.10 Å². The van der Waals surface area contributed by atoms with Gasteiger partial charge in [-0.15, -0.1) is 0 Å². The van der Waals surface area contributed by atoms with Crippen LogP contribution in [-0.4, -0.2) is 17.1 Å². The zero-order valence-corrected chi connectivity index (χ0v) is 11.8. The minimum absolute atomic E-state index is 0.00945. The maximum Gasteiger partial charge on any atom is 0.220 e. The van der Waals surface area contributed by atoms with Gasteiger partial charge >= 0.3 is 0 Å². The van der Waals surface area contributed by atoms with Gasteiger partial charge in [-0.1, -0.05) is 18.2 Å². The molecule has 2 N–H and O–H groups in total. The van der Waals surface area contributed by atoms with Crippen LogP contribution in [0.5, 0.6) is 0 Å². The second-order valence-electron chi connectivity index (χ2n) is 5.66. The first-order valence-corrected chi connectivity index (χ1v) is 7.15. The first-order chi connectivity index (χ1) is 9.06. The number of carbonyl (C=O) groups excluding carboxylic acids is 1. The van der Waals surface area contributed by atoms with Gasteiger partial charge in [-0.3, -0.25) is 4.79 Å². The molecule has 1 aromatic rings. The molecule has 0 heterocycles. The monoisotopic (exact) mass is 261 g/mol. The Morgan fingerprint density at radius 2 is 2.05 bits per heavy atom. The number of benzene rings is 1. The molecule has 2 rings (SSSR count). The molecule has 19 heavy (non-hydrogen) atoms. The summed E-state index contributed by atoms with van der Waals surface area (Å²) in [5, 5.41) is 13.0. The van der Waals surface area contributed by atoms with Gasteiger partial charge in [-0.05, 0) is 56.2 Å². The topological polar surface area (TPSA) is 49.3 Å². The zero-order chi connectivity index (χ0) is 13.8. The second-order valence-corrected chi connectivity index (χ2v) is 5.66. The number of rotatable bonds is 5. The van der Waals surface area contributed by atoms with Gasteiger partial charge in [0.15, 0.2) is 0 Å². The van der Waals surface area contributed by atoms with E-state index in [4.69, 9.17) is 0 Å². The maximum atomic E-state index is 11.6. The van der Waals surface area contributed by atoms with Gasteiger partial charge < -0.3 is 10.4 Å². The zero-order valence-electron chi connectivity index (χ0n) is 11.8. The van der Waals surface area contributed by atoms with Crippen molar-refractivity contribution in [3.63, 3.8) is 0 Å². The number of amides is 1. The minimum Gasteiger partial charge on any atom is -0.388 e. The van der Waals surface area contributed by atoms with Gasteiger partial charge in [0.25, 0.3) is 0 Å². The van der Waals surface area contributed by atoms with E-state index in [1.54, 1.807) is 0 Å². The number of hydrogen-bond donors (Lipinski definition) is 2. The van der Waals surface area contributed by atoms with E-state index in [1.807, 2.05) is 19.9 Å². The van der Waals surface area contributed by atoms with E-state index in [0.29, 0.717) is 12.8 Å². The third-order valence-electron chi connectivity index (χ3n) is 3.60. The van der Waals surface area contributed by atoms with Gasteiger partial charge in [0, 0.05) is 12.5 Å². The Labute approximate surface area is 115 Å². The summed E-state index contributed by atoms with van der Waals surface area (Å²) in [6.07, 6.45) is 3.80. The van der Waals surface area contributed by atoms with E-state index in [9.17, 15) is 9.90 Å². The molecule has 104 valence electrons. The fourth-order valence-corrected chi connectivity index (χ4v) is 2.63. The molecule has 1 aromatic carbocycles. The highest BCUT2D eigenvalue weighted by molar-refractivity contribution is 5.76. The number of aliphatic hydroxyl groups excluding tert-OH is 1. The summed E-state index contributed by atoms with van der Waals surface area (Å²) in [5.41, 5.74) is 3.72. The summed E-state index contributed by atoms with van der Waals surface area (Å²) in [6, 6.07) is 6.38. The van der Waals surface area contributed by atoms with Crippen molar-refractivity contribution in [3.8, 4) is 0 Å². The van der Waals surface area contributed by atoms with Crippen LogP contribution in [0, 0.1) is 0 Å². The Morgan fingerprint density at radius 1 is 1.32 bits per heavy atom. The molecule has 0 aliphatic heterocycles. The highest BCUT2D eigenvalue weighted by Crippen LogP contribution is 2.27. The highest BCUT2D eigenvalue weighted by atomic mass is 16.3. The molecule has 0 fully saturated rings. The largest absolute Gasteiger partial charge is 0.388 e. The van der Waals surface area contributed by atoms with Crippen LogP contribution in [0.3, 0.4) is 0 Å². The van der Waals surface area contributed by atoms with Crippen LogP contribution < -0.4 is 5.32 Å². The summed E-state index contributed by atoms with van der Waals surface area (Å²) in [7, 11) is 0. The fraction of sp³-hybridized carbons (Fsp3) is 0.562. The number of nitrogens with one attached hydrogen (secondary N) is 1. The summed E-state index contributed by atoms with van der Waals surface area (Å²) >= 11 is 0. The van der Waals surface area contributed by atoms with Crippen molar-refractivity contribution < 1.29 is 9.90 Å². The van der Waals surface area contributed by atoms with E-state index >= 15 is 0 Å². The van der Waals surface area contributed by atoms with Crippen LogP contribution in [0.2, 0.25) is 0 Å². The normalized spacial score (nSPS) is 15.4. The third kappa shape index (κ3) is 3.80. The molecule has 1 atom stereocenters. The standard InChI is InChI=1S/C16H23NO2/c1-11(2)17-16(19)9-8-15(18)14-7-6-12-4-3-5-13(12)10-14/h6-7,10-11,15,18H,3-5,8-9H2,1-2H3,(H,17,19). The lowest BCUT2D eigenvalue weighted by Gasteiger charge is -2.13. The summed E-state index contributed by atoms with van der Waals surface area (Å²) in [6.45, 7) is 3.88. The van der Waals surface area contributed by atoms with Crippen molar-refractivity contribution in [2.45, 2.75) is 58.1 Å². The van der Waals surface area contributed by atoms with E-state index in [0.717, 1.165) is 18.4 Å². The molecule has 0 saturated heterocycles. The van der Waals surface area contributed by atoms with Crippen molar-refractivity contribution in [1.82, 2.24) is 5.32 Å². The SMILES string of the molecule is CC(C)NC(=O)CCC(O)c1ccc2c(c1)CCC2. The van der Waals surface area contributed by atoms with Gasteiger partial charge in [-0.2, -0.15) is 0 Å². The van der Waals surface area contributed by atoms with E-state index in [-0.39, 0.29) is 11.9 Å². The number of hydrogen-bond acceptors (Lipinski definition) is 2. The molecule has 3 heteroatoms. The molecule has 1 amide bonds. The molecular formula is C16H23NO2. The Bertz CT molecular complexity index is 454. The number of carbonyl (C=O) groups is 1. The average molecular weight is 261 g/mol. The number of aryl methyl sites for hydroxylation is 2. The molecule has 0 spiro atoms. The van der Waals surface area contributed by atoms with Crippen LogP contribution in [0.4, 0.5) is 0 Å². The van der Waals surface area contributed by atoms with Crippen LogP contribution >= 0.6 is 0 Å². The summed E-state index contributed by atoms with van der Waals surface area (Å²) in [4.78, 5) is 11.6. The Balaban J connectivity index is 1.89. The Kier molecular flexibility index (Phi) is 4.59. The molecular weight excluding hydrogens is 238 g/mol. The smallest absolute Gasteiger partial charge is 0.220 e. The molecule has 0 bridgehead atoms. The molecule has 0 radical (unpaired) electrons. The number of fused-ring (bicyclic) bond motifs is 1. The van der Waals surface area contributed by atoms with Crippen LogP contribution in [0.1, 0.15) is 55.9 Å². The Hall–Kier alpha value is -1.35. The molecule has 3 nitrogen and oxygen atoms in total. The molecule has 1 unspecified atom stereocenters. The lowest BCUT2D eigenvalue weighted by Crippen LogP contribution is -2.30. The Morgan fingerprint density at radius 3 is 2.79 bits per heavy atom. The van der Waals surface area contributed by atoms with Crippen LogP contribution in [0.25, 0.3) is 0 Å². The highest BCUT2D eigenvalue weighted by Gasteiger charge is 2.15. The third-order valence-corrected chi connectivity index (χ3v) is 3.60. The predicted octanol–water partition coefficient (Wildman–Crippen LogP) is 2.51. The van der Waals surface area contributed by atoms with Crippen molar-refractivity contribution in [2.75, 3.05) is 0 Å². The quantitative estimate of drug-likeness (QED) is 0.855. The van der Waals surface area contributed by atoms with E-state index in [2.05, 4.69) is 17.4 Å². The van der Waals surface area contributed by atoms with Crippen molar-refractivity contribution in [2.24, 2.45) is 0 Å². The molecule has 1 aliphatic rings. The van der Waals surface area contributed by atoms with Crippen molar-refractivity contribution >= 4 is 5.91 Å². The predicted molar refractivity (Wildman–Crippen MR) is 75.9 cm³/mol. The van der Waals surface area contributed by atoms with Crippen LogP contribution in [-0.2, 0) is 17.6 Å². The second kappa shape index (κ2) is 6.20.